The molecule has 6 heteroatoms. The molecule has 1 heterocycles. The van der Waals surface area contributed by atoms with Crippen LogP contribution < -0.4 is 5.32 Å². The van der Waals surface area contributed by atoms with Gasteiger partial charge in [0, 0.05) is 38.6 Å². The van der Waals surface area contributed by atoms with Gasteiger partial charge in [-0.2, -0.15) is 0 Å². The summed E-state index contributed by atoms with van der Waals surface area (Å²) in [4.78, 5) is 26.9. The number of amides is 2. The highest BCUT2D eigenvalue weighted by atomic mass is 35.5. The lowest BCUT2D eigenvalue weighted by Crippen LogP contribution is -2.52. The molecule has 0 unspecified atom stereocenters. The quantitative estimate of drug-likeness (QED) is 0.541. The molecular formula is C10H18ClN3O2. The van der Waals surface area contributed by atoms with E-state index in [4.69, 9.17) is 11.6 Å². The molecule has 1 rings (SSSR count). The van der Waals surface area contributed by atoms with Crippen molar-refractivity contribution in [1.82, 2.24) is 15.1 Å². The summed E-state index contributed by atoms with van der Waals surface area (Å²) in [5, 5.41) is 2.48. The number of nitrogens with one attached hydrogen (secondary N) is 1. The Balaban J connectivity index is 2.35. The van der Waals surface area contributed by atoms with Gasteiger partial charge in [-0.1, -0.05) is 6.92 Å². The SMILES string of the molecule is CCN1CCN(C(=O)C(=O)NCCCl)CC1. The average molecular weight is 248 g/mol. The summed E-state index contributed by atoms with van der Waals surface area (Å²) in [5.74, 6) is -0.672. The molecule has 1 N–H and O–H groups in total. The first-order valence-corrected chi connectivity index (χ1v) is 6.08. The van der Waals surface area contributed by atoms with Crippen LogP contribution in [0.2, 0.25) is 0 Å². The van der Waals surface area contributed by atoms with Crippen molar-refractivity contribution in [1.29, 1.82) is 0 Å². The van der Waals surface area contributed by atoms with E-state index in [1.54, 1.807) is 4.90 Å². The summed E-state index contributed by atoms with van der Waals surface area (Å²) in [5.41, 5.74) is 0. The molecule has 0 bridgehead atoms. The van der Waals surface area contributed by atoms with Crippen molar-refractivity contribution in [2.24, 2.45) is 0 Å². The van der Waals surface area contributed by atoms with Crippen LogP contribution in [0.4, 0.5) is 0 Å². The minimum absolute atomic E-state index is 0.322. The molecule has 16 heavy (non-hydrogen) atoms. The van der Waals surface area contributed by atoms with Gasteiger partial charge in [0.05, 0.1) is 0 Å². The topological polar surface area (TPSA) is 52.7 Å². The van der Waals surface area contributed by atoms with E-state index in [1.165, 1.54) is 0 Å². The van der Waals surface area contributed by atoms with E-state index in [2.05, 4.69) is 17.1 Å². The molecular weight excluding hydrogens is 230 g/mol. The van der Waals surface area contributed by atoms with E-state index in [0.29, 0.717) is 25.5 Å². The zero-order valence-corrected chi connectivity index (χ0v) is 10.3. The molecule has 0 aromatic carbocycles. The molecule has 0 saturated carbocycles. The summed E-state index contributed by atoms with van der Waals surface area (Å²) in [6, 6.07) is 0. The number of carbonyl (C=O) groups is 2. The van der Waals surface area contributed by atoms with Crippen LogP contribution in [0.25, 0.3) is 0 Å². The van der Waals surface area contributed by atoms with Crippen LogP contribution >= 0.6 is 11.6 Å². The lowest BCUT2D eigenvalue weighted by Gasteiger charge is -2.33. The van der Waals surface area contributed by atoms with Gasteiger partial charge in [0.2, 0.25) is 0 Å². The minimum atomic E-state index is -0.550. The number of nitrogens with zero attached hydrogens (tertiary/aromatic N) is 2. The molecule has 5 nitrogen and oxygen atoms in total. The fourth-order valence-corrected chi connectivity index (χ4v) is 1.74. The fourth-order valence-electron chi connectivity index (χ4n) is 1.65. The van der Waals surface area contributed by atoms with Crippen LogP contribution in [0, 0.1) is 0 Å². The molecule has 1 aliphatic heterocycles. The standard InChI is InChI=1S/C10H18ClN3O2/c1-2-13-5-7-14(8-6-13)10(16)9(15)12-4-3-11/h2-8H2,1H3,(H,12,15). The summed E-state index contributed by atoms with van der Waals surface area (Å²) in [6.07, 6.45) is 0. The van der Waals surface area contributed by atoms with Gasteiger partial charge in [0.15, 0.2) is 0 Å². The van der Waals surface area contributed by atoms with Crippen LogP contribution in [-0.4, -0.2) is 66.8 Å². The second-order valence-corrected chi connectivity index (χ2v) is 4.05. The van der Waals surface area contributed by atoms with Crippen molar-refractivity contribution in [2.75, 3.05) is 45.1 Å². The number of piperazine rings is 1. The normalized spacial score (nSPS) is 17.2. The molecule has 0 spiro atoms. The zero-order valence-electron chi connectivity index (χ0n) is 9.54. The third kappa shape index (κ3) is 3.64. The van der Waals surface area contributed by atoms with E-state index in [0.717, 1.165) is 19.6 Å². The lowest BCUT2D eigenvalue weighted by molar-refractivity contribution is -0.146. The molecule has 1 fully saturated rings. The van der Waals surface area contributed by atoms with Crippen molar-refractivity contribution in [3.05, 3.63) is 0 Å². The highest BCUT2D eigenvalue weighted by molar-refractivity contribution is 6.35. The van der Waals surface area contributed by atoms with Gasteiger partial charge >= 0.3 is 11.8 Å². The van der Waals surface area contributed by atoms with Crippen molar-refractivity contribution < 1.29 is 9.59 Å². The first kappa shape index (κ1) is 13.3. The van der Waals surface area contributed by atoms with Gasteiger partial charge in [-0.3, -0.25) is 9.59 Å². The Bertz CT molecular complexity index is 252. The number of rotatable bonds is 3. The van der Waals surface area contributed by atoms with E-state index in [9.17, 15) is 9.59 Å². The maximum absolute atomic E-state index is 11.7. The molecule has 92 valence electrons. The summed E-state index contributed by atoms with van der Waals surface area (Å²) < 4.78 is 0. The van der Waals surface area contributed by atoms with Gasteiger partial charge < -0.3 is 15.1 Å². The number of carbonyl (C=O) groups excluding carboxylic acids is 2. The molecule has 1 aliphatic rings. The van der Waals surface area contributed by atoms with Gasteiger partial charge in [-0.25, -0.2) is 0 Å². The first-order chi connectivity index (χ1) is 7.69. The Morgan fingerprint density at radius 3 is 2.38 bits per heavy atom. The van der Waals surface area contributed by atoms with Crippen molar-refractivity contribution >= 4 is 23.4 Å². The fraction of sp³-hybridized carbons (Fsp3) is 0.800. The smallest absolute Gasteiger partial charge is 0.311 e. The van der Waals surface area contributed by atoms with E-state index < -0.39 is 11.8 Å². The Hall–Kier alpha value is -0.810. The maximum Gasteiger partial charge on any atom is 0.311 e. The highest BCUT2D eigenvalue weighted by Gasteiger charge is 2.24. The van der Waals surface area contributed by atoms with Crippen molar-refractivity contribution in [3.8, 4) is 0 Å². The van der Waals surface area contributed by atoms with Crippen LogP contribution in [0.5, 0.6) is 0 Å². The van der Waals surface area contributed by atoms with Crippen LogP contribution in [0.15, 0.2) is 0 Å². The Morgan fingerprint density at radius 1 is 1.25 bits per heavy atom. The van der Waals surface area contributed by atoms with Crippen LogP contribution in [0.3, 0.4) is 0 Å². The second kappa shape index (κ2) is 6.70. The Morgan fingerprint density at radius 2 is 1.88 bits per heavy atom. The number of hydrogen-bond donors (Lipinski definition) is 1. The highest BCUT2D eigenvalue weighted by Crippen LogP contribution is 2.01. The Kier molecular flexibility index (Phi) is 5.55. The number of likely N-dealkylation sites (N-methyl/N-ethyl adjacent to an activating group) is 1. The largest absolute Gasteiger partial charge is 0.347 e. The molecule has 0 radical (unpaired) electrons. The summed E-state index contributed by atoms with van der Waals surface area (Å²) in [7, 11) is 0. The average Bonchev–Trinajstić information content (AvgIpc) is 2.35. The monoisotopic (exact) mass is 247 g/mol. The summed E-state index contributed by atoms with van der Waals surface area (Å²) >= 11 is 5.43. The van der Waals surface area contributed by atoms with Gasteiger partial charge in [0.25, 0.3) is 0 Å². The Labute approximate surface area is 101 Å². The van der Waals surface area contributed by atoms with Crippen molar-refractivity contribution in [3.63, 3.8) is 0 Å². The van der Waals surface area contributed by atoms with Crippen LogP contribution in [0.1, 0.15) is 6.92 Å². The molecule has 0 aromatic rings. The van der Waals surface area contributed by atoms with E-state index >= 15 is 0 Å². The molecule has 1 saturated heterocycles. The van der Waals surface area contributed by atoms with Gasteiger partial charge in [-0.15, -0.1) is 11.6 Å². The predicted octanol–water partition coefficient (Wildman–Crippen LogP) is -0.494. The van der Waals surface area contributed by atoms with Gasteiger partial charge in [0.1, 0.15) is 0 Å². The third-order valence-electron chi connectivity index (χ3n) is 2.68. The van der Waals surface area contributed by atoms with Gasteiger partial charge in [-0.05, 0) is 6.54 Å². The molecule has 0 atom stereocenters. The van der Waals surface area contributed by atoms with Crippen molar-refractivity contribution in [2.45, 2.75) is 6.92 Å². The molecule has 2 amide bonds. The first-order valence-electron chi connectivity index (χ1n) is 5.54. The van der Waals surface area contributed by atoms with E-state index in [1.807, 2.05) is 0 Å². The number of alkyl halides is 1. The lowest BCUT2D eigenvalue weighted by atomic mass is 10.3. The van der Waals surface area contributed by atoms with Crippen LogP contribution in [-0.2, 0) is 9.59 Å². The molecule has 0 aliphatic carbocycles. The number of hydrogen-bond acceptors (Lipinski definition) is 3. The summed E-state index contributed by atoms with van der Waals surface area (Å²) in [6.45, 7) is 6.34. The zero-order chi connectivity index (χ0) is 12.0. The molecule has 0 aromatic heterocycles. The van der Waals surface area contributed by atoms with E-state index in [-0.39, 0.29) is 0 Å². The maximum atomic E-state index is 11.7. The predicted molar refractivity (Wildman–Crippen MR) is 62.4 cm³/mol. The minimum Gasteiger partial charge on any atom is -0.347 e. The number of halogens is 1. The third-order valence-corrected chi connectivity index (χ3v) is 2.87. The second-order valence-electron chi connectivity index (χ2n) is 3.67.